The Morgan fingerprint density at radius 3 is 2.41 bits per heavy atom. The van der Waals surface area contributed by atoms with Crippen LogP contribution < -0.4 is 15.8 Å². The number of unbranched alkanes of at least 4 members (excludes halogenated alkanes) is 2. The van der Waals surface area contributed by atoms with Crippen molar-refractivity contribution in [3.05, 3.63) is 29.8 Å². The number of amides is 3. The molecule has 0 saturated carbocycles. The topological polar surface area (TPSA) is 102 Å². The largest absolute Gasteiger partial charge is 0.484 e. The third-order valence-electron chi connectivity index (χ3n) is 4.80. The van der Waals surface area contributed by atoms with Crippen molar-refractivity contribution in [1.82, 2.24) is 10.2 Å². The summed E-state index contributed by atoms with van der Waals surface area (Å²) in [6.07, 6.45) is 4.63. The molecule has 1 fully saturated rings. The van der Waals surface area contributed by atoms with Crippen LogP contribution in [0.15, 0.2) is 24.3 Å². The molecule has 1 aromatic rings. The summed E-state index contributed by atoms with van der Waals surface area (Å²) in [4.78, 5) is 37.2. The number of hydrogen-bond acceptors (Lipinski definition) is 4. The summed E-state index contributed by atoms with van der Waals surface area (Å²) in [7, 11) is 0. The standard InChI is InChI=1S/C20H29N3O4/c1-2-3-4-11-22-20(26)16-9-12-23(13-10-16)18(24)14-27-17-7-5-15(6-8-17)19(21)25/h5-8,16H,2-4,9-14H2,1H3,(H2,21,25)(H,22,26). The van der Waals surface area contributed by atoms with Gasteiger partial charge in [-0.3, -0.25) is 14.4 Å². The van der Waals surface area contributed by atoms with Crippen molar-refractivity contribution in [2.45, 2.75) is 39.0 Å². The number of primary amides is 1. The lowest BCUT2D eigenvalue weighted by atomic mass is 9.96. The lowest BCUT2D eigenvalue weighted by Gasteiger charge is -2.31. The third kappa shape index (κ3) is 6.58. The number of ether oxygens (including phenoxy) is 1. The van der Waals surface area contributed by atoms with E-state index in [1.807, 2.05) is 0 Å². The summed E-state index contributed by atoms with van der Waals surface area (Å²) < 4.78 is 5.48. The maximum atomic E-state index is 12.3. The molecule has 0 radical (unpaired) electrons. The van der Waals surface area contributed by atoms with Gasteiger partial charge in [0.15, 0.2) is 6.61 Å². The van der Waals surface area contributed by atoms with Crippen LogP contribution in [0.4, 0.5) is 0 Å². The first kappa shape index (κ1) is 20.7. The highest BCUT2D eigenvalue weighted by Crippen LogP contribution is 2.18. The molecule has 0 aliphatic carbocycles. The van der Waals surface area contributed by atoms with Crippen LogP contribution in [-0.2, 0) is 9.59 Å². The average Bonchev–Trinajstić information content (AvgIpc) is 2.69. The average molecular weight is 375 g/mol. The molecule has 1 aliphatic rings. The van der Waals surface area contributed by atoms with Gasteiger partial charge in [-0.15, -0.1) is 0 Å². The van der Waals surface area contributed by atoms with E-state index in [0.717, 1.165) is 25.8 Å². The van der Waals surface area contributed by atoms with Crippen molar-refractivity contribution in [3.8, 4) is 5.75 Å². The molecule has 0 bridgehead atoms. The van der Waals surface area contributed by atoms with Gasteiger partial charge in [0.1, 0.15) is 5.75 Å². The minimum Gasteiger partial charge on any atom is -0.484 e. The molecule has 0 unspecified atom stereocenters. The van der Waals surface area contributed by atoms with E-state index in [-0.39, 0.29) is 24.3 Å². The van der Waals surface area contributed by atoms with E-state index in [1.165, 1.54) is 0 Å². The van der Waals surface area contributed by atoms with Gasteiger partial charge in [-0.05, 0) is 43.5 Å². The van der Waals surface area contributed by atoms with Crippen molar-refractivity contribution >= 4 is 17.7 Å². The molecular formula is C20H29N3O4. The molecular weight excluding hydrogens is 346 g/mol. The van der Waals surface area contributed by atoms with Crippen molar-refractivity contribution in [1.29, 1.82) is 0 Å². The van der Waals surface area contributed by atoms with Gasteiger partial charge in [-0.1, -0.05) is 19.8 Å². The molecule has 1 aromatic carbocycles. The normalized spacial score (nSPS) is 14.6. The van der Waals surface area contributed by atoms with Gasteiger partial charge in [0.25, 0.3) is 5.91 Å². The van der Waals surface area contributed by atoms with Crippen LogP contribution in [0.25, 0.3) is 0 Å². The smallest absolute Gasteiger partial charge is 0.260 e. The number of nitrogens with zero attached hydrogens (tertiary/aromatic N) is 1. The first-order valence-corrected chi connectivity index (χ1v) is 9.59. The SMILES string of the molecule is CCCCCNC(=O)C1CCN(C(=O)COc2ccc(C(N)=O)cc2)CC1. The van der Waals surface area contributed by atoms with Crippen LogP contribution in [0.2, 0.25) is 0 Å². The van der Waals surface area contributed by atoms with E-state index in [9.17, 15) is 14.4 Å². The molecule has 3 N–H and O–H groups in total. The fraction of sp³-hybridized carbons (Fsp3) is 0.550. The minimum atomic E-state index is -0.505. The first-order valence-electron chi connectivity index (χ1n) is 9.59. The van der Waals surface area contributed by atoms with E-state index in [2.05, 4.69) is 12.2 Å². The summed E-state index contributed by atoms with van der Waals surface area (Å²) in [6.45, 7) is 3.93. The second-order valence-corrected chi connectivity index (χ2v) is 6.83. The monoisotopic (exact) mass is 375 g/mol. The van der Waals surface area contributed by atoms with Crippen LogP contribution in [-0.4, -0.2) is 48.9 Å². The van der Waals surface area contributed by atoms with Gasteiger partial charge >= 0.3 is 0 Å². The molecule has 27 heavy (non-hydrogen) atoms. The molecule has 0 aromatic heterocycles. The van der Waals surface area contributed by atoms with Gasteiger partial charge < -0.3 is 20.7 Å². The molecule has 7 heteroatoms. The molecule has 1 heterocycles. The van der Waals surface area contributed by atoms with Crippen molar-refractivity contribution in [3.63, 3.8) is 0 Å². The predicted octanol–water partition coefficient (Wildman–Crippen LogP) is 1.71. The zero-order chi connectivity index (χ0) is 19.6. The summed E-state index contributed by atoms with van der Waals surface area (Å²) in [5, 5.41) is 2.99. The molecule has 148 valence electrons. The summed E-state index contributed by atoms with van der Waals surface area (Å²) in [5.41, 5.74) is 5.58. The zero-order valence-electron chi connectivity index (χ0n) is 15.9. The Labute approximate surface area is 160 Å². The molecule has 3 amide bonds. The number of nitrogens with two attached hydrogens (primary N) is 1. The van der Waals surface area contributed by atoms with Crippen LogP contribution in [0, 0.1) is 5.92 Å². The Hall–Kier alpha value is -2.57. The summed E-state index contributed by atoms with van der Waals surface area (Å²) >= 11 is 0. The Bertz CT molecular complexity index is 637. The Kier molecular flexibility index (Phi) is 8.10. The lowest BCUT2D eigenvalue weighted by Crippen LogP contribution is -2.44. The molecule has 1 saturated heterocycles. The Morgan fingerprint density at radius 2 is 1.81 bits per heavy atom. The van der Waals surface area contributed by atoms with E-state index < -0.39 is 5.91 Å². The third-order valence-corrected chi connectivity index (χ3v) is 4.80. The van der Waals surface area contributed by atoms with Crippen LogP contribution in [0.5, 0.6) is 5.75 Å². The van der Waals surface area contributed by atoms with Gasteiger partial charge in [0.05, 0.1) is 0 Å². The van der Waals surface area contributed by atoms with Crippen molar-refractivity contribution in [2.24, 2.45) is 11.7 Å². The van der Waals surface area contributed by atoms with E-state index in [1.54, 1.807) is 29.2 Å². The number of carbonyl (C=O) groups excluding carboxylic acids is 3. The quantitative estimate of drug-likeness (QED) is 0.642. The van der Waals surface area contributed by atoms with Crippen molar-refractivity contribution in [2.75, 3.05) is 26.2 Å². The number of piperidine rings is 1. The summed E-state index contributed by atoms with van der Waals surface area (Å²) in [5.74, 6) is -0.0118. The Morgan fingerprint density at radius 1 is 1.15 bits per heavy atom. The number of nitrogens with one attached hydrogen (secondary N) is 1. The van der Waals surface area contributed by atoms with Crippen molar-refractivity contribution < 1.29 is 19.1 Å². The molecule has 0 spiro atoms. The number of benzene rings is 1. The zero-order valence-corrected chi connectivity index (χ0v) is 15.9. The first-order chi connectivity index (χ1) is 13.0. The Balaban J connectivity index is 1.70. The molecule has 7 nitrogen and oxygen atoms in total. The number of rotatable bonds is 9. The molecule has 1 aliphatic heterocycles. The van der Waals surface area contributed by atoms with Gasteiger partial charge in [-0.25, -0.2) is 0 Å². The highest BCUT2D eigenvalue weighted by molar-refractivity contribution is 5.92. The number of hydrogen-bond donors (Lipinski definition) is 2. The van der Waals surface area contributed by atoms with Gasteiger partial charge in [-0.2, -0.15) is 0 Å². The minimum absolute atomic E-state index is 0.0158. The van der Waals surface area contributed by atoms with E-state index in [4.69, 9.17) is 10.5 Å². The second-order valence-electron chi connectivity index (χ2n) is 6.83. The fourth-order valence-corrected chi connectivity index (χ4v) is 3.07. The second kappa shape index (κ2) is 10.5. The number of likely N-dealkylation sites (tertiary alicyclic amines) is 1. The molecule has 0 atom stereocenters. The maximum Gasteiger partial charge on any atom is 0.260 e. The fourth-order valence-electron chi connectivity index (χ4n) is 3.07. The van der Waals surface area contributed by atoms with Gasteiger partial charge in [0, 0.05) is 31.1 Å². The highest BCUT2D eigenvalue weighted by Gasteiger charge is 2.27. The lowest BCUT2D eigenvalue weighted by molar-refractivity contribution is -0.137. The van der Waals surface area contributed by atoms with E-state index in [0.29, 0.717) is 37.2 Å². The summed E-state index contributed by atoms with van der Waals surface area (Å²) in [6, 6.07) is 6.35. The van der Waals surface area contributed by atoms with Crippen LogP contribution in [0.1, 0.15) is 49.4 Å². The number of carbonyl (C=O) groups is 3. The predicted molar refractivity (Wildman–Crippen MR) is 102 cm³/mol. The van der Waals surface area contributed by atoms with E-state index >= 15 is 0 Å². The molecule has 2 rings (SSSR count). The van der Waals surface area contributed by atoms with Gasteiger partial charge in [0.2, 0.25) is 11.8 Å². The highest BCUT2D eigenvalue weighted by atomic mass is 16.5. The van der Waals surface area contributed by atoms with Crippen LogP contribution >= 0.6 is 0 Å². The van der Waals surface area contributed by atoms with Crippen LogP contribution in [0.3, 0.4) is 0 Å². The maximum absolute atomic E-state index is 12.3.